The lowest BCUT2D eigenvalue weighted by Gasteiger charge is -2.58. The van der Waals surface area contributed by atoms with Gasteiger partial charge in [-0.15, -0.1) is 0 Å². The van der Waals surface area contributed by atoms with E-state index in [9.17, 15) is 4.79 Å². The van der Waals surface area contributed by atoms with Gasteiger partial charge in [-0.25, -0.2) is 0 Å². The van der Waals surface area contributed by atoms with Gasteiger partial charge in [-0.1, -0.05) is 72.3 Å². The quantitative estimate of drug-likeness (QED) is 0.297. The van der Waals surface area contributed by atoms with E-state index < -0.39 is 0 Å². The van der Waals surface area contributed by atoms with Crippen LogP contribution < -0.4 is 0 Å². The maximum absolute atomic E-state index is 12.2. The first-order valence-electron chi connectivity index (χ1n) is 14.1. The van der Waals surface area contributed by atoms with Crippen LogP contribution in [0.1, 0.15) is 106 Å². The van der Waals surface area contributed by atoms with Crippen LogP contribution in [0.2, 0.25) is 0 Å². The Bertz CT molecular complexity index is 776. The van der Waals surface area contributed by atoms with Crippen molar-refractivity contribution >= 4 is 5.97 Å². The molecule has 0 spiro atoms. The summed E-state index contributed by atoms with van der Waals surface area (Å²) in [5.41, 5.74) is 2.47. The monoisotopic (exact) mass is 454 g/mol. The van der Waals surface area contributed by atoms with Crippen LogP contribution in [0.5, 0.6) is 0 Å². The Hall–Kier alpha value is -1.05. The van der Waals surface area contributed by atoms with Crippen LogP contribution in [0.3, 0.4) is 0 Å². The summed E-state index contributed by atoms with van der Waals surface area (Å²) < 4.78 is 5.86. The fourth-order valence-electron chi connectivity index (χ4n) is 8.20. The van der Waals surface area contributed by atoms with E-state index in [4.69, 9.17) is 4.74 Å². The van der Waals surface area contributed by atoms with Crippen molar-refractivity contribution in [1.29, 1.82) is 0 Å². The lowest BCUT2D eigenvalue weighted by atomic mass is 9.47. The summed E-state index contributed by atoms with van der Waals surface area (Å²) in [4.78, 5) is 12.2. The average molecular weight is 455 g/mol. The lowest BCUT2D eigenvalue weighted by Crippen LogP contribution is -2.50. The minimum absolute atomic E-state index is 0.0276. The number of ether oxygens (including phenoxy) is 1. The summed E-state index contributed by atoms with van der Waals surface area (Å²) in [6, 6.07) is 0. The molecule has 8 atom stereocenters. The van der Waals surface area contributed by atoms with Crippen molar-refractivity contribution in [3.8, 4) is 0 Å². The smallest absolute Gasteiger partial charge is 0.308 e. The molecule has 4 aliphatic carbocycles. The van der Waals surface area contributed by atoms with E-state index in [-0.39, 0.29) is 18.0 Å². The molecule has 4 aliphatic rings. The van der Waals surface area contributed by atoms with Gasteiger partial charge in [0.15, 0.2) is 0 Å². The van der Waals surface area contributed by atoms with Gasteiger partial charge < -0.3 is 4.74 Å². The van der Waals surface area contributed by atoms with Crippen molar-refractivity contribution in [2.45, 2.75) is 112 Å². The molecule has 186 valence electrons. The third-order valence-corrected chi connectivity index (χ3v) is 10.9. The predicted molar refractivity (Wildman–Crippen MR) is 138 cm³/mol. The van der Waals surface area contributed by atoms with E-state index in [0.29, 0.717) is 16.7 Å². The maximum Gasteiger partial charge on any atom is 0.308 e. The van der Waals surface area contributed by atoms with Crippen LogP contribution in [0.4, 0.5) is 0 Å². The number of rotatable bonds is 6. The van der Waals surface area contributed by atoms with Crippen molar-refractivity contribution < 1.29 is 9.53 Å². The molecule has 0 saturated heterocycles. The van der Waals surface area contributed by atoms with Crippen molar-refractivity contribution in [3.63, 3.8) is 0 Å². The molecule has 8 unspecified atom stereocenters. The molecule has 3 saturated carbocycles. The van der Waals surface area contributed by atoms with Crippen LogP contribution in [0.25, 0.3) is 0 Å². The Balaban J connectivity index is 1.45. The zero-order valence-electron chi connectivity index (χ0n) is 22.5. The highest BCUT2D eigenvalue weighted by Crippen LogP contribution is 2.66. The molecule has 0 aromatic rings. The van der Waals surface area contributed by atoms with Gasteiger partial charge >= 0.3 is 5.97 Å². The maximum atomic E-state index is 12.2. The summed E-state index contributed by atoms with van der Waals surface area (Å²) in [5, 5.41) is 0. The standard InChI is InChI=1S/C31H50O2/c1-20(2)22(5)9-8-10-23-12-14-27-26-13-11-24-19-25(33-29(32)21(3)4)15-17-31(24,7)28(26)16-18-30(23,27)6/h8-9,11,20-23,25-28H,10,12-19H2,1-7H3/b9-8+. The minimum Gasteiger partial charge on any atom is -0.462 e. The summed E-state index contributed by atoms with van der Waals surface area (Å²) in [6.07, 6.45) is 19.1. The van der Waals surface area contributed by atoms with Crippen LogP contribution in [-0.4, -0.2) is 12.1 Å². The fraction of sp³-hybridized carbons (Fsp3) is 0.839. The highest BCUT2D eigenvalue weighted by atomic mass is 16.5. The predicted octanol–water partition coefficient (Wildman–Crippen LogP) is 8.37. The van der Waals surface area contributed by atoms with Crippen molar-refractivity contribution in [3.05, 3.63) is 23.8 Å². The molecule has 0 aliphatic heterocycles. The topological polar surface area (TPSA) is 26.3 Å². The number of hydrogen-bond acceptors (Lipinski definition) is 2. The van der Waals surface area contributed by atoms with E-state index >= 15 is 0 Å². The van der Waals surface area contributed by atoms with Crippen LogP contribution in [0.15, 0.2) is 23.8 Å². The Morgan fingerprint density at radius 3 is 2.52 bits per heavy atom. The molecular weight excluding hydrogens is 404 g/mol. The number of carbonyl (C=O) groups excluding carboxylic acids is 1. The van der Waals surface area contributed by atoms with Gasteiger partial charge in [0, 0.05) is 6.42 Å². The molecule has 0 N–H and O–H groups in total. The molecule has 0 aromatic heterocycles. The van der Waals surface area contributed by atoms with Crippen molar-refractivity contribution in [2.75, 3.05) is 0 Å². The SMILES string of the molecule is CC(C)C(=O)OC1CCC2(C)C(=CCC3C2CCC2(C)C(C/C=C/C(C)C(C)C)CCC32)C1. The number of carbonyl (C=O) groups is 1. The van der Waals surface area contributed by atoms with Gasteiger partial charge in [0.25, 0.3) is 0 Å². The van der Waals surface area contributed by atoms with Crippen LogP contribution in [0, 0.1) is 52.3 Å². The van der Waals surface area contributed by atoms with Gasteiger partial charge in [-0.3, -0.25) is 4.79 Å². The number of allylic oxidation sites excluding steroid dienone is 3. The highest BCUT2D eigenvalue weighted by molar-refractivity contribution is 5.71. The number of hydrogen-bond donors (Lipinski definition) is 0. The van der Waals surface area contributed by atoms with Crippen LogP contribution in [-0.2, 0) is 9.53 Å². The van der Waals surface area contributed by atoms with Gasteiger partial charge in [-0.05, 0) is 97.7 Å². The van der Waals surface area contributed by atoms with E-state index in [2.05, 4.69) is 52.8 Å². The first-order valence-corrected chi connectivity index (χ1v) is 14.1. The molecule has 33 heavy (non-hydrogen) atoms. The van der Waals surface area contributed by atoms with Crippen molar-refractivity contribution in [1.82, 2.24) is 0 Å². The second-order valence-electron chi connectivity index (χ2n) is 13.3. The average Bonchev–Trinajstić information content (AvgIpc) is 3.10. The summed E-state index contributed by atoms with van der Waals surface area (Å²) in [7, 11) is 0. The molecule has 0 heterocycles. The van der Waals surface area contributed by atoms with Gasteiger partial charge in [-0.2, -0.15) is 0 Å². The van der Waals surface area contributed by atoms with E-state index in [1.165, 1.54) is 44.9 Å². The fourth-order valence-corrected chi connectivity index (χ4v) is 8.20. The van der Waals surface area contributed by atoms with Crippen LogP contribution >= 0.6 is 0 Å². The van der Waals surface area contributed by atoms with E-state index in [1.807, 2.05) is 13.8 Å². The Morgan fingerprint density at radius 2 is 1.82 bits per heavy atom. The van der Waals surface area contributed by atoms with Crippen molar-refractivity contribution in [2.24, 2.45) is 52.3 Å². The number of esters is 1. The molecule has 3 fully saturated rings. The Labute approximate surface area is 204 Å². The summed E-state index contributed by atoms with van der Waals surface area (Å²) in [5.74, 6) is 4.80. The van der Waals surface area contributed by atoms with Gasteiger partial charge in [0.2, 0.25) is 0 Å². The molecule has 0 amide bonds. The highest BCUT2D eigenvalue weighted by Gasteiger charge is 2.58. The second kappa shape index (κ2) is 9.54. The van der Waals surface area contributed by atoms with E-state index in [1.54, 1.807) is 5.57 Å². The third kappa shape index (κ3) is 4.62. The third-order valence-electron chi connectivity index (χ3n) is 10.9. The number of fused-ring (bicyclic) bond motifs is 5. The molecule has 0 bridgehead atoms. The minimum atomic E-state index is -0.0298. The normalized spacial score (nSPS) is 41.5. The molecule has 4 rings (SSSR count). The Morgan fingerprint density at radius 1 is 1.06 bits per heavy atom. The van der Waals surface area contributed by atoms with E-state index in [0.717, 1.165) is 42.4 Å². The first-order chi connectivity index (χ1) is 15.6. The molecule has 2 nitrogen and oxygen atoms in total. The molecular formula is C31H50O2. The zero-order chi connectivity index (χ0) is 24.0. The Kier molecular flexibility index (Phi) is 7.24. The molecule has 0 aromatic carbocycles. The van der Waals surface area contributed by atoms with Gasteiger partial charge in [0.05, 0.1) is 5.92 Å². The molecule has 0 radical (unpaired) electrons. The first kappa shape index (κ1) is 25.1. The lowest BCUT2D eigenvalue weighted by molar-refractivity contribution is -0.155. The largest absolute Gasteiger partial charge is 0.462 e. The zero-order valence-corrected chi connectivity index (χ0v) is 22.5. The summed E-state index contributed by atoms with van der Waals surface area (Å²) >= 11 is 0. The summed E-state index contributed by atoms with van der Waals surface area (Å²) in [6.45, 7) is 16.1. The second-order valence-corrected chi connectivity index (χ2v) is 13.3. The molecule has 2 heteroatoms. The van der Waals surface area contributed by atoms with Gasteiger partial charge in [0.1, 0.15) is 6.10 Å².